The van der Waals surface area contributed by atoms with Crippen molar-refractivity contribution in [3.05, 3.63) is 47.0 Å². The van der Waals surface area contributed by atoms with Crippen LogP contribution in [0, 0.1) is 0 Å². The first kappa shape index (κ1) is 19.4. The van der Waals surface area contributed by atoms with Crippen molar-refractivity contribution >= 4 is 60.3 Å². The largest absolute Gasteiger partial charge is 0.352 e. The van der Waals surface area contributed by atoms with Gasteiger partial charge >= 0.3 is 0 Å². The van der Waals surface area contributed by atoms with Gasteiger partial charge in [0.2, 0.25) is 0 Å². The third-order valence-corrected chi connectivity index (χ3v) is 7.06. The molecule has 3 aromatic heterocycles. The number of carbonyl (C=O) groups is 1. The Kier molecular flexibility index (Phi) is 4.94. The molecule has 4 heterocycles. The molecule has 9 heteroatoms. The molecular formula is C21H21BrN6OS. The Morgan fingerprint density at radius 3 is 2.97 bits per heavy atom. The van der Waals surface area contributed by atoms with Gasteiger partial charge in [-0.1, -0.05) is 22.9 Å². The maximum absolute atomic E-state index is 13.6. The van der Waals surface area contributed by atoms with Crippen molar-refractivity contribution in [2.75, 3.05) is 18.0 Å². The fourth-order valence-corrected chi connectivity index (χ4v) is 5.67. The van der Waals surface area contributed by atoms with E-state index in [2.05, 4.69) is 54.0 Å². The van der Waals surface area contributed by atoms with Crippen LogP contribution in [-0.2, 0) is 0 Å². The Morgan fingerprint density at radius 2 is 2.13 bits per heavy atom. The lowest BCUT2D eigenvalue weighted by Crippen LogP contribution is -2.59. The number of aromatic amines is 1. The third kappa shape index (κ3) is 3.16. The molecule has 0 unspecified atom stereocenters. The molecule has 1 fully saturated rings. The quantitative estimate of drug-likeness (QED) is 0.464. The van der Waals surface area contributed by atoms with Gasteiger partial charge in [-0.2, -0.15) is 4.37 Å². The zero-order valence-electron chi connectivity index (χ0n) is 16.7. The molecule has 30 heavy (non-hydrogen) atoms. The molecule has 1 saturated heterocycles. The van der Waals surface area contributed by atoms with Gasteiger partial charge in [-0.05, 0) is 49.1 Å². The predicted molar refractivity (Wildman–Crippen MR) is 123 cm³/mol. The molecular weight excluding hydrogens is 464 g/mol. The summed E-state index contributed by atoms with van der Waals surface area (Å²) in [5, 5.41) is 1.93. The summed E-state index contributed by atoms with van der Waals surface area (Å²) in [5.74, 6) is 0.930. The normalized spacial score (nSPS) is 19.7. The van der Waals surface area contributed by atoms with Crippen LogP contribution in [0.3, 0.4) is 0 Å². The Labute approximate surface area is 186 Å². The second-order valence-corrected chi connectivity index (χ2v) is 9.36. The fraction of sp³-hybridized carbons (Fsp3) is 0.333. The molecule has 1 amide bonds. The molecule has 1 aliphatic heterocycles. The van der Waals surface area contributed by atoms with Gasteiger partial charge in [0.15, 0.2) is 0 Å². The van der Waals surface area contributed by atoms with Gasteiger partial charge in [0.1, 0.15) is 23.5 Å². The van der Waals surface area contributed by atoms with E-state index in [0.29, 0.717) is 12.2 Å². The van der Waals surface area contributed by atoms with E-state index in [0.717, 1.165) is 44.4 Å². The molecule has 0 bridgehead atoms. The van der Waals surface area contributed by atoms with Crippen molar-refractivity contribution in [1.82, 2.24) is 24.2 Å². The zero-order chi connectivity index (χ0) is 20.8. The molecule has 2 atom stereocenters. The third-order valence-electron chi connectivity index (χ3n) is 5.76. The highest BCUT2D eigenvalue weighted by Crippen LogP contribution is 2.31. The summed E-state index contributed by atoms with van der Waals surface area (Å²) in [6.07, 6.45) is 4.34. The van der Waals surface area contributed by atoms with Crippen LogP contribution in [0.4, 0.5) is 5.82 Å². The van der Waals surface area contributed by atoms with Crippen LogP contribution in [0.1, 0.15) is 30.8 Å². The summed E-state index contributed by atoms with van der Waals surface area (Å²) in [5.41, 5.74) is 1.38. The number of carbonyl (C=O) groups excluding carboxylic acids is 1. The number of fused-ring (bicyclic) bond motifs is 2. The smallest absolute Gasteiger partial charge is 0.274 e. The van der Waals surface area contributed by atoms with E-state index in [4.69, 9.17) is 0 Å². The molecule has 0 saturated carbocycles. The summed E-state index contributed by atoms with van der Waals surface area (Å²) in [4.78, 5) is 29.9. The highest BCUT2D eigenvalue weighted by molar-refractivity contribution is 9.10. The van der Waals surface area contributed by atoms with Gasteiger partial charge in [-0.15, -0.1) is 0 Å². The first-order chi connectivity index (χ1) is 14.6. The average molecular weight is 485 g/mol. The lowest BCUT2D eigenvalue weighted by atomic mass is 10.0. The number of anilines is 1. The van der Waals surface area contributed by atoms with Crippen LogP contribution in [0.25, 0.3) is 21.1 Å². The summed E-state index contributed by atoms with van der Waals surface area (Å²) < 4.78 is 6.53. The minimum Gasteiger partial charge on any atom is -0.352 e. The number of halogens is 1. The summed E-state index contributed by atoms with van der Waals surface area (Å²) in [6, 6.07) is 8.07. The van der Waals surface area contributed by atoms with E-state index < -0.39 is 0 Å². The summed E-state index contributed by atoms with van der Waals surface area (Å²) >= 11 is 4.87. The predicted octanol–water partition coefficient (Wildman–Crippen LogP) is 4.46. The molecule has 7 nitrogen and oxygen atoms in total. The molecule has 4 aromatic rings. The topological polar surface area (TPSA) is 78.0 Å². The van der Waals surface area contributed by atoms with Crippen LogP contribution < -0.4 is 4.90 Å². The van der Waals surface area contributed by atoms with Crippen molar-refractivity contribution in [1.29, 1.82) is 0 Å². The average Bonchev–Trinajstić information content (AvgIpc) is 3.39. The number of H-pyrrole nitrogens is 1. The second kappa shape index (κ2) is 7.63. The highest BCUT2D eigenvalue weighted by Gasteiger charge is 2.37. The van der Waals surface area contributed by atoms with E-state index >= 15 is 0 Å². The van der Waals surface area contributed by atoms with Gasteiger partial charge in [0, 0.05) is 41.2 Å². The van der Waals surface area contributed by atoms with Gasteiger partial charge in [0.05, 0.1) is 10.1 Å². The minimum absolute atomic E-state index is 0.0112. The molecule has 154 valence electrons. The second-order valence-electron chi connectivity index (χ2n) is 7.64. The lowest BCUT2D eigenvalue weighted by Gasteiger charge is -2.45. The van der Waals surface area contributed by atoms with Crippen molar-refractivity contribution in [3.8, 4) is 0 Å². The van der Waals surface area contributed by atoms with Crippen LogP contribution in [0.5, 0.6) is 0 Å². The first-order valence-electron chi connectivity index (χ1n) is 9.97. The molecule has 0 aliphatic carbocycles. The number of hydrogen-bond donors (Lipinski definition) is 1. The van der Waals surface area contributed by atoms with Crippen LogP contribution in [-0.4, -0.2) is 55.3 Å². The maximum atomic E-state index is 13.6. The van der Waals surface area contributed by atoms with Crippen LogP contribution in [0.2, 0.25) is 0 Å². The summed E-state index contributed by atoms with van der Waals surface area (Å²) in [7, 11) is 0. The number of aromatic nitrogens is 4. The Bertz CT molecular complexity index is 1240. The number of nitrogens with one attached hydrogen (secondary N) is 1. The molecule has 1 N–H and O–H groups in total. The minimum atomic E-state index is 0.0112. The van der Waals surface area contributed by atoms with E-state index in [9.17, 15) is 4.79 Å². The van der Waals surface area contributed by atoms with Gasteiger partial charge < -0.3 is 14.8 Å². The zero-order valence-corrected chi connectivity index (χ0v) is 19.1. The number of amides is 1. The van der Waals surface area contributed by atoms with Crippen molar-refractivity contribution in [2.45, 2.75) is 32.4 Å². The number of nitrogens with zero attached hydrogens (tertiary/aromatic N) is 5. The first-order valence-corrected chi connectivity index (χ1v) is 11.5. The van der Waals surface area contributed by atoms with Crippen molar-refractivity contribution < 1.29 is 4.79 Å². The van der Waals surface area contributed by atoms with Crippen LogP contribution in [0.15, 0.2) is 41.3 Å². The molecule has 1 aromatic carbocycles. The fourth-order valence-electron chi connectivity index (χ4n) is 4.35. The number of benzene rings is 1. The van der Waals surface area contributed by atoms with Gasteiger partial charge in [-0.25, -0.2) is 9.97 Å². The summed E-state index contributed by atoms with van der Waals surface area (Å²) in [6.45, 7) is 5.68. The monoisotopic (exact) mass is 484 g/mol. The Hall–Kier alpha value is -2.52. The van der Waals surface area contributed by atoms with Crippen molar-refractivity contribution in [2.24, 2.45) is 0 Å². The van der Waals surface area contributed by atoms with Gasteiger partial charge in [-0.3, -0.25) is 4.79 Å². The Balaban J connectivity index is 1.47. The molecule has 5 rings (SSSR count). The maximum Gasteiger partial charge on any atom is 0.274 e. The van der Waals surface area contributed by atoms with E-state index in [1.807, 2.05) is 35.4 Å². The Morgan fingerprint density at radius 1 is 1.27 bits per heavy atom. The van der Waals surface area contributed by atoms with Gasteiger partial charge in [0.25, 0.3) is 5.91 Å². The molecule has 0 spiro atoms. The van der Waals surface area contributed by atoms with E-state index in [-0.39, 0.29) is 18.0 Å². The SMILES string of the molecule is CC[C@@H]1CN(c2ncnc3[nH]ccc23)C[C@@H](C)N1C(=O)c1nsc2cc(Br)ccc12. The highest BCUT2D eigenvalue weighted by atomic mass is 79.9. The van der Waals surface area contributed by atoms with Crippen molar-refractivity contribution in [3.63, 3.8) is 0 Å². The standard InChI is InChI=1S/C21H21BrN6OS/c1-3-14-10-27(20-16-6-7-23-19(16)24-11-25-20)9-12(2)28(14)21(29)18-15-5-4-13(22)8-17(15)30-26-18/h4-8,11-12,14H,3,9-10H2,1-2H3,(H,23,24,25)/t12-,14-/m1/s1. The number of rotatable bonds is 3. The van der Waals surface area contributed by atoms with Crippen LogP contribution >= 0.6 is 27.5 Å². The van der Waals surface area contributed by atoms with E-state index in [1.54, 1.807) is 6.33 Å². The number of piperazine rings is 1. The van der Waals surface area contributed by atoms with E-state index in [1.165, 1.54) is 11.5 Å². The molecule has 0 radical (unpaired) electrons. The lowest BCUT2D eigenvalue weighted by molar-refractivity contribution is 0.0541. The number of hydrogen-bond acceptors (Lipinski definition) is 6. The molecule has 1 aliphatic rings.